The molecular weight excluding hydrogens is 218 g/mol. The van der Waals surface area contributed by atoms with Crippen molar-refractivity contribution >= 4 is 21.8 Å². The monoisotopic (exact) mass is 233 g/mol. The van der Waals surface area contributed by atoms with Crippen LogP contribution in [0.15, 0.2) is 12.7 Å². The van der Waals surface area contributed by atoms with Crippen molar-refractivity contribution in [1.29, 1.82) is 0 Å². The number of nitrogens with one attached hydrogen (secondary N) is 1. The molecule has 12 heavy (non-hydrogen) atoms. The lowest BCUT2D eigenvalue weighted by atomic mass is 10.2. The summed E-state index contributed by atoms with van der Waals surface area (Å²) in [5.74, 6) is 0.0619. The van der Waals surface area contributed by atoms with Crippen LogP contribution in [-0.4, -0.2) is 16.8 Å². The number of halogens is 1. The molecule has 1 N–H and O–H groups in total. The summed E-state index contributed by atoms with van der Waals surface area (Å²) >= 11 is 3.28. The fourth-order valence-corrected chi connectivity index (χ4v) is 0.960. The van der Waals surface area contributed by atoms with Crippen LogP contribution in [0.25, 0.3) is 0 Å². The van der Waals surface area contributed by atoms with Gasteiger partial charge >= 0.3 is 0 Å². The van der Waals surface area contributed by atoms with Crippen LogP contribution < -0.4 is 5.32 Å². The van der Waals surface area contributed by atoms with Crippen LogP contribution in [-0.2, 0) is 4.79 Å². The van der Waals surface area contributed by atoms with Gasteiger partial charge in [-0.2, -0.15) is 0 Å². The minimum Gasteiger partial charge on any atom is -0.352 e. The van der Waals surface area contributed by atoms with Crippen molar-refractivity contribution in [2.75, 3.05) is 0 Å². The molecule has 0 heterocycles. The van der Waals surface area contributed by atoms with Crippen LogP contribution in [0.1, 0.15) is 26.7 Å². The first kappa shape index (κ1) is 11.7. The molecule has 0 spiro atoms. The molecule has 70 valence electrons. The highest BCUT2D eigenvalue weighted by Gasteiger charge is 2.13. The number of carbonyl (C=O) groups excluding carboxylic acids is 1. The van der Waals surface area contributed by atoms with Gasteiger partial charge in [0, 0.05) is 6.04 Å². The van der Waals surface area contributed by atoms with Gasteiger partial charge in [0.2, 0.25) is 5.91 Å². The van der Waals surface area contributed by atoms with Gasteiger partial charge in [0.05, 0.1) is 4.83 Å². The molecule has 0 saturated heterocycles. The normalized spacial score (nSPS) is 14.9. The van der Waals surface area contributed by atoms with Crippen molar-refractivity contribution in [2.45, 2.75) is 37.6 Å². The Morgan fingerprint density at radius 2 is 2.33 bits per heavy atom. The third-order valence-corrected chi connectivity index (χ3v) is 2.62. The zero-order valence-electron chi connectivity index (χ0n) is 7.64. The van der Waals surface area contributed by atoms with Crippen LogP contribution in [0.2, 0.25) is 0 Å². The average molecular weight is 234 g/mol. The fourth-order valence-electron chi connectivity index (χ4n) is 0.828. The second-order valence-corrected chi connectivity index (χ2v) is 3.92. The van der Waals surface area contributed by atoms with Crippen LogP contribution in [0.4, 0.5) is 0 Å². The number of hydrogen-bond donors (Lipinski definition) is 1. The Bertz CT molecular complexity index is 159. The van der Waals surface area contributed by atoms with Gasteiger partial charge in [-0.3, -0.25) is 4.79 Å². The number of amides is 1. The van der Waals surface area contributed by atoms with Gasteiger partial charge in [0.15, 0.2) is 0 Å². The van der Waals surface area contributed by atoms with Gasteiger partial charge in [0.25, 0.3) is 0 Å². The van der Waals surface area contributed by atoms with E-state index in [-0.39, 0.29) is 16.8 Å². The first-order chi connectivity index (χ1) is 5.61. The van der Waals surface area contributed by atoms with Crippen LogP contribution in [0.3, 0.4) is 0 Å². The quantitative estimate of drug-likeness (QED) is 0.573. The summed E-state index contributed by atoms with van der Waals surface area (Å²) in [7, 11) is 0. The molecule has 0 aromatic rings. The highest BCUT2D eigenvalue weighted by atomic mass is 79.9. The van der Waals surface area contributed by atoms with E-state index >= 15 is 0 Å². The Kier molecular flexibility index (Phi) is 6.07. The van der Waals surface area contributed by atoms with E-state index in [0.717, 1.165) is 12.8 Å². The standard InChI is InChI=1S/C9H16BrNO/c1-4-6-7(3)11-9(12)8(10)5-2/h4,7-8H,1,5-6H2,2-3H3,(H,11,12). The molecule has 0 aromatic carbocycles. The van der Waals surface area contributed by atoms with Crippen molar-refractivity contribution in [3.63, 3.8) is 0 Å². The summed E-state index contributed by atoms with van der Waals surface area (Å²) in [5.41, 5.74) is 0. The first-order valence-corrected chi connectivity index (χ1v) is 5.08. The number of hydrogen-bond acceptors (Lipinski definition) is 1. The Hall–Kier alpha value is -0.310. The number of carbonyl (C=O) groups is 1. The molecule has 2 nitrogen and oxygen atoms in total. The molecule has 0 fully saturated rings. The second-order valence-electron chi connectivity index (χ2n) is 2.81. The van der Waals surface area contributed by atoms with Crippen LogP contribution >= 0.6 is 15.9 Å². The smallest absolute Gasteiger partial charge is 0.233 e. The van der Waals surface area contributed by atoms with Gasteiger partial charge in [-0.15, -0.1) is 6.58 Å². The summed E-state index contributed by atoms with van der Waals surface area (Å²) in [5, 5.41) is 2.87. The minimum absolute atomic E-state index is 0.0619. The molecule has 0 aromatic heterocycles. The van der Waals surface area contributed by atoms with Crippen molar-refractivity contribution in [3.8, 4) is 0 Å². The average Bonchev–Trinajstić information content (AvgIpc) is 2.03. The minimum atomic E-state index is -0.0650. The Balaban J connectivity index is 3.75. The van der Waals surface area contributed by atoms with E-state index in [9.17, 15) is 4.79 Å². The van der Waals surface area contributed by atoms with Crippen molar-refractivity contribution in [3.05, 3.63) is 12.7 Å². The summed E-state index contributed by atoms with van der Waals surface area (Å²) < 4.78 is 0. The largest absolute Gasteiger partial charge is 0.352 e. The summed E-state index contributed by atoms with van der Waals surface area (Å²) in [4.78, 5) is 11.2. The van der Waals surface area contributed by atoms with Gasteiger partial charge in [-0.1, -0.05) is 28.9 Å². The van der Waals surface area contributed by atoms with E-state index < -0.39 is 0 Å². The summed E-state index contributed by atoms with van der Waals surface area (Å²) in [6.45, 7) is 7.55. The molecule has 3 heteroatoms. The maximum Gasteiger partial charge on any atom is 0.233 e. The van der Waals surface area contributed by atoms with E-state index in [4.69, 9.17) is 0 Å². The topological polar surface area (TPSA) is 29.1 Å². The van der Waals surface area contributed by atoms with E-state index in [2.05, 4.69) is 27.8 Å². The molecule has 0 aliphatic carbocycles. The van der Waals surface area contributed by atoms with E-state index in [1.807, 2.05) is 13.8 Å². The fraction of sp³-hybridized carbons (Fsp3) is 0.667. The van der Waals surface area contributed by atoms with Crippen LogP contribution in [0, 0.1) is 0 Å². The molecule has 0 rings (SSSR count). The highest BCUT2D eigenvalue weighted by molar-refractivity contribution is 9.10. The summed E-state index contributed by atoms with van der Waals surface area (Å²) in [6.07, 6.45) is 3.43. The Morgan fingerprint density at radius 1 is 1.75 bits per heavy atom. The molecule has 1 amide bonds. The van der Waals surface area contributed by atoms with Gasteiger partial charge in [-0.25, -0.2) is 0 Å². The SMILES string of the molecule is C=CCC(C)NC(=O)C(Br)CC. The Morgan fingerprint density at radius 3 is 2.75 bits per heavy atom. The first-order valence-electron chi connectivity index (χ1n) is 4.17. The van der Waals surface area contributed by atoms with Crippen molar-refractivity contribution in [1.82, 2.24) is 5.32 Å². The van der Waals surface area contributed by atoms with Gasteiger partial charge < -0.3 is 5.32 Å². The lowest BCUT2D eigenvalue weighted by Crippen LogP contribution is -2.37. The number of rotatable bonds is 5. The molecule has 0 saturated carbocycles. The van der Waals surface area contributed by atoms with Gasteiger partial charge in [-0.05, 0) is 19.8 Å². The van der Waals surface area contributed by atoms with Crippen LogP contribution in [0.5, 0.6) is 0 Å². The Labute approximate surface area is 82.5 Å². The zero-order chi connectivity index (χ0) is 9.56. The van der Waals surface area contributed by atoms with E-state index in [1.54, 1.807) is 6.08 Å². The molecule has 2 atom stereocenters. The molecule has 2 unspecified atom stereocenters. The third-order valence-electron chi connectivity index (χ3n) is 1.55. The predicted molar refractivity (Wildman–Crippen MR) is 55.4 cm³/mol. The molecule has 0 aliphatic heterocycles. The maximum atomic E-state index is 11.3. The number of alkyl halides is 1. The molecule has 0 aliphatic rings. The lowest BCUT2D eigenvalue weighted by Gasteiger charge is -2.13. The zero-order valence-corrected chi connectivity index (χ0v) is 9.23. The molecule has 0 bridgehead atoms. The maximum absolute atomic E-state index is 11.3. The van der Waals surface area contributed by atoms with Crippen molar-refractivity contribution in [2.24, 2.45) is 0 Å². The lowest BCUT2D eigenvalue weighted by molar-refractivity contribution is -0.121. The second kappa shape index (κ2) is 6.23. The van der Waals surface area contributed by atoms with E-state index in [0.29, 0.717) is 0 Å². The predicted octanol–water partition coefficient (Wildman–Crippen LogP) is 2.24. The third kappa shape index (κ3) is 4.54. The van der Waals surface area contributed by atoms with Crippen molar-refractivity contribution < 1.29 is 4.79 Å². The summed E-state index contributed by atoms with van der Waals surface area (Å²) in [6, 6.07) is 0.182. The van der Waals surface area contributed by atoms with E-state index in [1.165, 1.54) is 0 Å². The highest BCUT2D eigenvalue weighted by Crippen LogP contribution is 2.04. The molecule has 0 radical (unpaired) electrons. The molecular formula is C9H16BrNO. The van der Waals surface area contributed by atoms with Gasteiger partial charge in [0.1, 0.15) is 0 Å².